The molecule has 0 aliphatic rings. The summed E-state index contributed by atoms with van der Waals surface area (Å²) in [4.78, 5) is 0.205. The number of aromatic nitrogens is 1. The number of anilines is 1. The van der Waals surface area contributed by atoms with Crippen LogP contribution in [0.5, 0.6) is 0 Å². The van der Waals surface area contributed by atoms with E-state index >= 15 is 0 Å². The number of hydrogen-bond donors (Lipinski definition) is 2. The van der Waals surface area contributed by atoms with Gasteiger partial charge in [0.25, 0.3) is 10.0 Å². The van der Waals surface area contributed by atoms with Gasteiger partial charge in [0.2, 0.25) is 0 Å². The van der Waals surface area contributed by atoms with Gasteiger partial charge in [0.15, 0.2) is 0 Å². The Hall–Kier alpha value is -1.50. The van der Waals surface area contributed by atoms with Crippen molar-refractivity contribution in [3.05, 3.63) is 47.2 Å². The lowest BCUT2D eigenvalue weighted by molar-refractivity contribution is 0.600. The predicted octanol–water partition coefficient (Wildman–Crippen LogP) is 2.81. The average Bonchev–Trinajstić information content (AvgIpc) is 2.83. The average molecular weight is 328 g/mol. The maximum absolute atomic E-state index is 12.4. The van der Waals surface area contributed by atoms with Gasteiger partial charge in [0.05, 0.1) is 5.69 Å². The van der Waals surface area contributed by atoms with E-state index < -0.39 is 10.0 Å². The molecular weight excluding hydrogens is 310 g/mol. The molecule has 7 heteroatoms. The second kappa shape index (κ2) is 6.51. The molecule has 21 heavy (non-hydrogen) atoms. The Morgan fingerprint density at radius 2 is 2.10 bits per heavy atom. The van der Waals surface area contributed by atoms with E-state index in [1.165, 1.54) is 0 Å². The van der Waals surface area contributed by atoms with Crippen LogP contribution in [0.15, 0.2) is 41.4 Å². The van der Waals surface area contributed by atoms with Crippen LogP contribution in [0.2, 0.25) is 5.02 Å². The van der Waals surface area contributed by atoms with E-state index in [1.54, 1.807) is 36.5 Å². The molecule has 1 aromatic heterocycles. The van der Waals surface area contributed by atoms with Gasteiger partial charge in [-0.3, -0.25) is 4.72 Å². The van der Waals surface area contributed by atoms with Crippen LogP contribution in [0.1, 0.15) is 19.0 Å². The maximum atomic E-state index is 12.4. The Labute approximate surface area is 129 Å². The fourth-order valence-electron chi connectivity index (χ4n) is 2.06. The van der Waals surface area contributed by atoms with Crippen molar-refractivity contribution in [2.75, 3.05) is 4.72 Å². The van der Waals surface area contributed by atoms with Gasteiger partial charge >= 0.3 is 0 Å². The normalized spacial score (nSPS) is 11.6. The molecule has 0 aliphatic heterocycles. The van der Waals surface area contributed by atoms with Crippen LogP contribution in [0.25, 0.3) is 0 Å². The SMILES string of the molecule is CCCn1cc(S(=O)(=O)Nc2cccc(Cl)c2)cc1CN. The lowest BCUT2D eigenvalue weighted by atomic mass is 10.3. The highest BCUT2D eigenvalue weighted by Crippen LogP contribution is 2.21. The van der Waals surface area contributed by atoms with Crippen molar-refractivity contribution in [2.45, 2.75) is 31.3 Å². The predicted molar refractivity (Wildman–Crippen MR) is 84.9 cm³/mol. The van der Waals surface area contributed by atoms with Crippen molar-refractivity contribution in [1.82, 2.24) is 4.57 Å². The molecular formula is C14H18ClN3O2S. The molecule has 0 unspecified atom stereocenters. The minimum Gasteiger partial charge on any atom is -0.349 e. The number of sulfonamides is 1. The van der Waals surface area contributed by atoms with Gasteiger partial charge in [-0.05, 0) is 30.7 Å². The van der Waals surface area contributed by atoms with Crippen LogP contribution in [0.4, 0.5) is 5.69 Å². The molecule has 1 heterocycles. The number of nitrogens with zero attached hydrogens (tertiary/aromatic N) is 1. The Morgan fingerprint density at radius 3 is 2.71 bits per heavy atom. The summed E-state index contributed by atoms with van der Waals surface area (Å²) in [5.41, 5.74) is 6.88. The fraction of sp³-hybridized carbons (Fsp3) is 0.286. The molecule has 0 amide bonds. The molecule has 0 radical (unpaired) electrons. The Bertz CT molecular complexity index is 726. The van der Waals surface area contributed by atoms with Crippen molar-refractivity contribution >= 4 is 27.3 Å². The molecule has 3 N–H and O–H groups in total. The lowest BCUT2D eigenvalue weighted by Gasteiger charge is -2.06. The van der Waals surface area contributed by atoms with Gasteiger partial charge in [-0.15, -0.1) is 0 Å². The highest BCUT2D eigenvalue weighted by Gasteiger charge is 2.18. The first-order valence-corrected chi connectivity index (χ1v) is 8.50. The highest BCUT2D eigenvalue weighted by atomic mass is 35.5. The molecule has 0 saturated heterocycles. The van der Waals surface area contributed by atoms with Crippen LogP contribution < -0.4 is 10.5 Å². The monoisotopic (exact) mass is 327 g/mol. The maximum Gasteiger partial charge on any atom is 0.263 e. The zero-order chi connectivity index (χ0) is 15.5. The summed E-state index contributed by atoms with van der Waals surface area (Å²) in [6.45, 7) is 3.06. The molecule has 2 aromatic rings. The van der Waals surface area contributed by atoms with E-state index in [4.69, 9.17) is 17.3 Å². The second-order valence-corrected chi connectivity index (χ2v) is 6.80. The van der Waals surface area contributed by atoms with Gasteiger partial charge in [0, 0.05) is 30.0 Å². The standard InChI is InChI=1S/C14H18ClN3O2S/c1-2-6-18-10-14(8-13(18)9-16)21(19,20)17-12-5-3-4-11(15)7-12/h3-5,7-8,10,17H,2,6,9,16H2,1H3. The number of rotatable bonds is 6. The number of hydrogen-bond acceptors (Lipinski definition) is 3. The van der Waals surface area contributed by atoms with Gasteiger partial charge < -0.3 is 10.3 Å². The first kappa shape index (κ1) is 15.9. The van der Waals surface area contributed by atoms with Crippen LogP contribution in [-0.4, -0.2) is 13.0 Å². The summed E-state index contributed by atoms with van der Waals surface area (Å²) in [7, 11) is -3.65. The van der Waals surface area contributed by atoms with E-state index in [0.29, 0.717) is 17.3 Å². The summed E-state index contributed by atoms with van der Waals surface area (Å²) < 4.78 is 29.2. The third-order valence-corrected chi connectivity index (χ3v) is 4.61. The van der Waals surface area contributed by atoms with Gasteiger partial charge in [-0.25, -0.2) is 8.42 Å². The second-order valence-electron chi connectivity index (χ2n) is 4.68. The molecule has 5 nitrogen and oxygen atoms in total. The largest absolute Gasteiger partial charge is 0.349 e. The summed E-state index contributed by atoms with van der Waals surface area (Å²) in [6.07, 6.45) is 2.52. The minimum atomic E-state index is -3.65. The molecule has 0 atom stereocenters. The van der Waals surface area contributed by atoms with Crippen LogP contribution in [0.3, 0.4) is 0 Å². The third kappa shape index (κ3) is 3.78. The quantitative estimate of drug-likeness (QED) is 0.856. The lowest BCUT2D eigenvalue weighted by Crippen LogP contribution is -2.12. The van der Waals surface area contributed by atoms with Crippen molar-refractivity contribution in [3.63, 3.8) is 0 Å². The number of nitrogens with one attached hydrogen (secondary N) is 1. The topological polar surface area (TPSA) is 77.1 Å². The van der Waals surface area contributed by atoms with Crippen LogP contribution in [0, 0.1) is 0 Å². The van der Waals surface area contributed by atoms with E-state index in [0.717, 1.165) is 18.7 Å². The van der Waals surface area contributed by atoms with Crippen molar-refractivity contribution in [1.29, 1.82) is 0 Å². The van der Waals surface area contributed by atoms with Gasteiger partial charge in [0.1, 0.15) is 4.90 Å². The first-order valence-electron chi connectivity index (χ1n) is 6.63. The van der Waals surface area contributed by atoms with E-state index in [9.17, 15) is 8.42 Å². The summed E-state index contributed by atoms with van der Waals surface area (Å²) in [5.74, 6) is 0. The molecule has 2 rings (SSSR count). The van der Waals surface area contributed by atoms with Crippen LogP contribution in [-0.2, 0) is 23.1 Å². The highest BCUT2D eigenvalue weighted by molar-refractivity contribution is 7.92. The Kier molecular flexibility index (Phi) is 4.92. The Morgan fingerprint density at radius 1 is 1.33 bits per heavy atom. The van der Waals surface area contributed by atoms with E-state index in [1.807, 2.05) is 11.5 Å². The third-order valence-electron chi connectivity index (χ3n) is 3.02. The van der Waals surface area contributed by atoms with Crippen molar-refractivity contribution in [2.24, 2.45) is 5.73 Å². The summed E-state index contributed by atoms with van der Waals surface area (Å²) in [5, 5.41) is 0.474. The number of aryl methyl sites for hydroxylation is 1. The smallest absolute Gasteiger partial charge is 0.263 e. The summed E-state index contributed by atoms with van der Waals surface area (Å²) in [6, 6.07) is 8.18. The minimum absolute atomic E-state index is 0.205. The number of benzene rings is 1. The molecule has 0 bridgehead atoms. The molecule has 0 spiro atoms. The fourth-order valence-corrected chi connectivity index (χ4v) is 3.36. The van der Waals surface area contributed by atoms with Crippen molar-refractivity contribution in [3.8, 4) is 0 Å². The van der Waals surface area contributed by atoms with Crippen molar-refractivity contribution < 1.29 is 8.42 Å². The van der Waals surface area contributed by atoms with E-state index in [2.05, 4.69) is 4.72 Å². The molecule has 0 fully saturated rings. The molecule has 114 valence electrons. The number of halogens is 1. The van der Waals surface area contributed by atoms with E-state index in [-0.39, 0.29) is 4.90 Å². The number of nitrogens with two attached hydrogens (primary N) is 1. The molecule has 0 saturated carbocycles. The zero-order valence-electron chi connectivity index (χ0n) is 11.7. The molecule has 0 aliphatic carbocycles. The molecule has 1 aromatic carbocycles. The van der Waals surface area contributed by atoms with Crippen LogP contribution >= 0.6 is 11.6 Å². The Balaban J connectivity index is 2.31. The zero-order valence-corrected chi connectivity index (χ0v) is 13.3. The summed E-state index contributed by atoms with van der Waals surface area (Å²) >= 11 is 5.86. The van der Waals surface area contributed by atoms with Gasteiger partial charge in [-0.2, -0.15) is 0 Å². The van der Waals surface area contributed by atoms with Gasteiger partial charge in [-0.1, -0.05) is 24.6 Å². The first-order chi connectivity index (χ1) is 9.96.